The van der Waals surface area contributed by atoms with Crippen LogP contribution in [0.2, 0.25) is 0 Å². The summed E-state index contributed by atoms with van der Waals surface area (Å²) >= 11 is 1.30. The molecule has 3 rings (SSSR count). The number of carbonyl (C=O) groups is 1. The second kappa shape index (κ2) is 7.27. The van der Waals surface area contributed by atoms with E-state index in [0.29, 0.717) is 17.1 Å². The molecule has 0 saturated carbocycles. The van der Waals surface area contributed by atoms with E-state index in [2.05, 4.69) is 5.27 Å². The van der Waals surface area contributed by atoms with Gasteiger partial charge in [0.15, 0.2) is 0 Å². The number of rotatable bonds is 6. The maximum Gasteiger partial charge on any atom is 0.438 e. The molecule has 1 heterocycles. The molecule has 0 aliphatic carbocycles. The van der Waals surface area contributed by atoms with Gasteiger partial charge in [-0.1, -0.05) is 6.07 Å². The molecule has 25 heavy (non-hydrogen) atoms. The van der Waals surface area contributed by atoms with Gasteiger partial charge in [-0.2, -0.15) is 0 Å². The molecule has 0 saturated heterocycles. The number of ether oxygens (including phenoxy) is 1. The monoisotopic (exact) mass is 358 g/mol. The second-order valence-corrected chi connectivity index (χ2v) is 6.20. The van der Waals surface area contributed by atoms with Crippen LogP contribution in [0.3, 0.4) is 0 Å². The van der Waals surface area contributed by atoms with Gasteiger partial charge in [-0.05, 0) is 40.3 Å². The maximum atomic E-state index is 12.5. The number of hydrogen-bond acceptors (Lipinski definition) is 6. The van der Waals surface area contributed by atoms with E-state index in [9.17, 15) is 9.59 Å². The number of aromatic nitrogens is 2. The van der Waals surface area contributed by atoms with Crippen molar-refractivity contribution in [3.8, 4) is 11.4 Å². The highest BCUT2D eigenvalue weighted by atomic mass is 32.2. The summed E-state index contributed by atoms with van der Waals surface area (Å²) < 4.78 is 11.2. The molecule has 0 aliphatic rings. The van der Waals surface area contributed by atoms with E-state index in [1.807, 2.05) is 12.1 Å². The highest BCUT2D eigenvalue weighted by Crippen LogP contribution is 2.20. The van der Waals surface area contributed by atoms with Crippen LogP contribution in [0.1, 0.15) is 10.5 Å². The molecule has 0 atom stereocenters. The lowest BCUT2D eigenvalue weighted by Crippen LogP contribution is -2.41. The van der Waals surface area contributed by atoms with Crippen molar-refractivity contribution < 1.29 is 18.7 Å². The Morgan fingerprint density at radius 2 is 2.04 bits per heavy atom. The van der Waals surface area contributed by atoms with Crippen molar-refractivity contribution in [2.75, 3.05) is 18.6 Å². The predicted molar refractivity (Wildman–Crippen MR) is 93.3 cm³/mol. The van der Waals surface area contributed by atoms with Crippen molar-refractivity contribution in [3.05, 3.63) is 64.6 Å². The molecule has 0 amide bonds. The Bertz CT molecular complexity index is 947. The summed E-state index contributed by atoms with van der Waals surface area (Å²) in [5.41, 5.74) is 6.15. The quantitative estimate of drug-likeness (QED) is 0.302. The van der Waals surface area contributed by atoms with Crippen LogP contribution in [0.5, 0.6) is 5.75 Å². The van der Waals surface area contributed by atoms with E-state index in [0.717, 1.165) is 4.90 Å². The highest BCUT2D eigenvalue weighted by Gasteiger charge is 2.30. The van der Waals surface area contributed by atoms with E-state index in [1.165, 1.54) is 16.4 Å². The Balaban J connectivity index is 1.83. The van der Waals surface area contributed by atoms with E-state index in [1.54, 1.807) is 43.5 Å². The molecular weight excluding hydrogens is 342 g/mol. The molecule has 0 unspecified atom stereocenters. The van der Waals surface area contributed by atoms with Crippen LogP contribution in [0.25, 0.3) is 5.69 Å². The number of nitrogens with two attached hydrogens (primary N) is 1. The van der Waals surface area contributed by atoms with Crippen LogP contribution in [0.4, 0.5) is 5.69 Å². The Kier molecular flexibility index (Phi) is 4.90. The normalized spacial score (nSPS) is 10.6. The molecule has 0 fully saturated rings. The van der Waals surface area contributed by atoms with Gasteiger partial charge in [-0.15, -0.1) is 11.8 Å². The third kappa shape index (κ3) is 3.74. The summed E-state index contributed by atoms with van der Waals surface area (Å²) in [6, 6.07) is 14.1. The Labute approximate surface area is 147 Å². The molecule has 2 aromatic carbocycles. The van der Waals surface area contributed by atoms with Gasteiger partial charge >= 0.3 is 11.3 Å². The minimum absolute atomic E-state index is 0.0680. The van der Waals surface area contributed by atoms with Crippen molar-refractivity contribution in [3.63, 3.8) is 0 Å². The number of nitrogen functional groups attached to an aromatic ring is 1. The summed E-state index contributed by atoms with van der Waals surface area (Å²) in [5, 5.41) is 2.45. The number of hydrogen-bond donors (Lipinski definition) is 2. The minimum Gasteiger partial charge on any atom is -0.497 e. The van der Waals surface area contributed by atoms with Crippen molar-refractivity contribution in [2.24, 2.45) is 0 Å². The molecule has 3 aromatic rings. The maximum absolute atomic E-state index is 12.5. The van der Waals surface area contributed by atoms with E-state index < -0.39 is 5.63 Å². The fraction of sp³-hybridized carbons (Fsp3) is 0.118. The number of nitrogens with one attached hydrogen (secondary N) is 1. The van der Waals surface area contributed by atoms with Crippen LogP contribution in [-0.4, -0.2) is 23.9 Å². The second-order valence-electron chi connectivity index (χ2n) is 5.15. The number of Topliss-reactive ketones (excluding diaryl/α,β-unsaturated/α-hetero) is 1. The SMILES string of the molecule is COc1ccc(-[n+]2[nH]oc(=O)c2C(=O)CSc2cccc(N)c2)cc1. The smallest absolute Gasteiger partial charge is 0.438 e. The summed E-state index contributed by atoms with van der Waals surface area (Å²) in [6.45, 7) is 0. The average Bonchev–Trinajstić information content (AvgIpc) is 3.01. The fourth-order valence-electron chi connectivity index (χ4n) is 2.25. The summed E-state index contributed by atoms with van der Waals surface area (Å²) in [6.07, 6.45) is 0. The summed E-state index contributed by atoms with van der Waals surface area (Å²) in [5.74, 6) is 0.404. The van der Waals surface area contributed by atoms with Gasteiger partial charge < -0.3 is 10.5 Å². The topological polar surface area (TPSA) is 102 Å². The van der Waals surface area contributed by atoms with Crippen molar-refractivity contribution in [1.82, 2.24) is 5.27 Å². The van der Waals surface area contributed by atoms with Gasteiger partial charge in [0, 0.05) is 22.7 Å². The first-order valence-corrected chi connectivity index (χ1v) is 8.36. The van der Waals surface area contributed by atoms with Gasteiger partial charge in [0.05, 0.1) is 12.9 Å². The number of thioether (sulfide) groups is 1. The van der Waals surface area contributed by atoms with Crippen LogP contribution >= 0.6 is 11.8 Å². The zero-order valence-electron chi connectivity index (χ0n) is 13.4. The number of nitrogens with zero attached hydrogens (tertiary/aromatic N) is 1. The van der Waals surface area contributed by atoms with Gasteiger partial charge in [0.25, 0.3) is 0 Å². The molecular formula is C17H16N3O4S+. The predicted octanol–water partition coefficient (Wildman–Crippen LogP) is 1.81. The largest absolute Gasteiger partial charge is 0.497 e. The summed E-state index contributed by atoms with van der Waals surface area (Å²) in [7, 11) is 1.56. The molecule has 128 valence electrons. The number of ketones is 1. The Hall–Kier alpha value is -3.00. The van der Waals surface area contributed by atoms with Crippen LogP contribution in [0.15, 0.2) is 62.7 Å². The molecule has 7 nitrogen and oxygen atoms in total. The van der Waals surface area contributed by atoms with Gasteiger partial charge in [-0.25, -0.2) is 4.79 Å². The lowest BCUT2D eigenvalue weighted by Gasteiger charge is -2.00. The van der Waals surface area contributed by atoms with Crippen LogP contribution in [0, 0.1) is 0 Å². The molecule has 8 heteroatoms. The van der Waals surface area contributed by atoms with Gasteiger partial charge in [0.2, 0.25) is 11.5 Å². The van der Waals surface area contributed by atoms with E-state index >= 15 is 0 Å². The molecule has 0 spiro atoms. The Morgan fingerprint density at radius 3 is 2.72 bits per heavy atom. The lowest BCUT2D eigenvalue weighted by molar-refractivity contribution is -0.672. The van der Waals surface area contributed by atoms with Crippen molar-refractivity contribution >= 4 is 23.2 Å². The van der Waals surface area contributed by atoms with Gasteiger partial charge in [-0.3, -0.25) is 9.32 Å². The number of benzene rings is 2. The van der Waals surface area contributed by atoms with Crippen molar-refractivity contribution in [2.45, 2.75) is 4.90 Å². The van der Waals surface area contributed by atoms with Crippen LogP contribution < -0.4 is 20.8 Å². The summed E-state index contributed by atoms with van der Waals surface area (Å²) in [4.78, 5) is 25.3. The number of anilines is 1. The van der Waals surface area contributed by atoms with Crippen molar-refractivity contribution in [1.29, 1.82) is 0 Å². The highest BCUT2D eigenvalue weighted by molar-refractivity contribution is 8.00. The molecule has 0 bridgehead atoms. The molecule has 1 aromatic heterocycles. The zero-order valence-corrected chi connectivity index (χ0v) is 14.2. The van der Waals surface area contributed by atoms with Gasteiger partial charge in [0.1, 0.15) is 5.75 Å². The number of aromatic amines is 1. The average molecular weight is 358 g/mol. The first-order chi connectivity index (χ1) is 12.1. The molecule has 0 radical (unpaired) electrons. The minimum atomic E-state index is -0.714. The molecule has 0 aliphatic heterocycles. The lowest BCUT2D eigenvalue weighted by atomic mass is 10.2. The third-order valence-corrected chi connectivity index (χ3v) is 4.46. The zero-order chi connectivity index (χ0) is 17.8. The van der Waals surface area contributed by atoms with Crippen LogP contribution in [-0.2, 0) is 0 Å². The Morgan fingerprint density at radius 1 is 1.28 bits per heavy atom. The third-order valence-electron chi connectivity index (χ3n) is 3.47. The number of H-pyrrole nitrogens is 1. The first-order valence-electron chi connectivity index (χ1n) is 7.38. The number of methoxy groups -OCH3 is 1. The fourth-order valence-corrected chi connectivity index (χ4v) is 3.07. The van der Waals surface area contributed by atoms with E-state index in [4.69, 9.17) is 15.0 Å². The molecule has 3 N–H and O–H groups in total. The van der Waals surface area contributed by atoms with E-state index in [-0.39, 0.29) is 17.2 Å². The standard InChI is InChI=1S/C17H15N3O4S/c1-23-13-7-5-12(6-8-13)20-16(17(22)24-19-20)15(21)10-25-14-4-2-3-11(18)9-14/h2-9H,10,18H2,1H3/p+1. The first kappa shape index (κ1) is 16.8. The number of carbonyl (C=O) groups excluding carboxylic acids is 1.